The van der Waals surface area contributed by atoms with Gasteiger partial charge in [0, 0.05) is 41.7 Å². The van der Waals surface area contributed by atoms with Crippen molar-refractivity contribution in [1.82, 2.24) is 29.2 Å². The molecule has 1 amide bonds. The lowest BCUT2D eigenvalue weighted by Crippen LogP contribution is -2.52. The van der Waals surface area contributed by atoms with Crippen LogP contribution in [-0.2, 0) is 17.7 Å². The molecule has 12 heteroatoms. The predicted molar refractivity (Wildman–Crippen MR) is 157 cm³/mol. The molecule has 4 aromatic rings. The molecule has 2 aliphatic heterocycles. The number of hydrogen-bond acceptors (Lipinski definition) is 8. The summed E-state index contributed by atoms with van der Waals surface area (Å²) in [4.78, 5) is 24.9. The summed E-state index contributed by atoms with van der Waals surface area (Å²) in [5.74, 6) is 1.46. The molecular weight excluding hydrogens is 564 g/mol. The van der Waals surface area contributed by atoms with Crippen LogP contribution < -0.4 is 4.74 Å². The molecule has 0 radical (unpaired) electrons. The van der Waals surface area contributed by atoms with E-state index in [-0.39, 0.29) is 12.1 Å². The fourth-order valence-electron chi connectivity index (χ4n) is 5.03. The van der Waals surface area contributed by atoms with Gasteiger partial charge in [0.25, 0.3) is 0 Å². The number of ether oxygens (including phenoxy) is 2. The standard InChI is InChI=1S/C29H33ClN6O4S/c1-28(2,3)40-27(37)34-14-19(15-34)36-23(30)12-31-25(36)26-33-24-20-7-6-17(10-21(20)39-9-8-22(24)41-26)18-11-32-35(13-18)16-29(4,5)38/h6-7,10-13,19,38H,8-9,14-16H2,1-5H3. The molecular formula is C29H33ClN6O4S. The van der Waals surface area contributed by atoms with Gasteiger partial charge in [0.1, 0.15) is 16.5 Å². The summed E-state index contributed by atoms with van der Waals surface area (Å²) >= 11 is 8.18. The Morgan fingerprint density at radius 2 is 1.98 bits per heavy atom. The van der Waals surface area contributed by atoms with Crippen molar-refractivity contribution in [1.29, 1.82) is 0 Å². The number of halogens is 1. The SMILES string of the molecule is CC(C)(O)Cn1cc(-c2ccc3c(c2)OCCc2sc(-c4ncc(Cl)n4C4CN(C(=O)OC(C)(C)C)C4)nc2-3)cn1. The molecule has 0 atom stereocenters. The van der Waals surface area contributed by atoms with Gasteiger partial charge in [-0.25, -0.2) is 14.8 Å². The number of aliphatic hydroxyl groups is 1. The minimum atomic E-state index is -0.853. The van der Waals surface area contributed by atoms with Crippen molar-refractivity contribution in [3.8, 4) is 39.0 Å². The van der Waals surface area contributed by atoms with Crippen LogP contribution in [0.1, 0.15) is 45.5 Å². The molecule has 1 aromatic carbocycles. The Kier molecular flexibility index (Phi) is 6.87. The summed E-state index contributed by atoms with van der Waals surface area (Å²) in [7, 11) is 0. The molecule has 6 rings (SSSR count). The third-order valence-corrected chi connectivity index (χ3v) is 8.25. The van der Waals surface area contributed by atoms with E-state index >= 15 is 0 Å². The zero-order chi connectivity index (χ0) is 29.1. The summed E-state index contributed by atoms with van der Waals surface area (Å²) < 4.78 is 15.4. The number of hydrogen-bond donors (Lipinski definition) is 1. The van der Waals surface area contributed by atoms with Gasteiger partial charge in [-0.05, 0) is 52.3 Å². The number of benzene rings is 1. The van der Waals surface area contributed by atoms with E-state index in [2.05, 4.69) is 10.1 Å². The van der Waals surface area contributed by atoms with Crippen molar-refractivity contribution >= 4 is 29.0 Å². The Morgan fingerprint density at radius 3 is 2.71 bits per heavy atom. The smallest absolute Gasteiger partial charge is 0.410 e. The monoisotopic (exact) mass is 596 g/mol. The highest BCUT2D eigenvalue weighted by Gasteiger charge is 2.37. The fraction of sp³-hybridized carbons (Fsp3) is 0.448. The summed E-state index contributed by atoms with van der Waals surface area (Å²) in [5.41, 5.74) is 2.34. The highest BCUT2D eigenvalue weighted by molar-refractivity contribution is 7.15. The molecule has 3 aromatic heterocycles. The van der Waals surface area contributed by atoms with Crippen LogP contribution in [0.25, 0.3) is 33.2 Å². The van der Waals surface area contributed by atoms with Crippen molar-refractivity contribution in [3.05, 3.63) is 46.8 Å². The van der Waals surface area contributed by atoms with Crippen molar-refractivity contribution in [2.75, 3.05) is 19.7 Å². The lowest BCUT2D eigenvalue weighted by atomic mass is 10.0. The number of fused-ring (bicyclic) bond motifs is 3. The van der Waals surface area contributed by atoms with Gasteiger partial charge in [-0.2, -0.15) is 5.10 Å². The molecule has 10 nitrogen and oxygen atoms in total. The van der Waals surface area contributed by atoms with E-state index in [0.29, 0.717) is 37.2 Å². The summed E-state index contributed by atoms with van der Waals surface area (Å²) in [5, 5.41) is 15.8. The normalized spacial score (nSPS) is 15.5. The largest absolute Gasteiger partial charge is 0.492 e. The van der Waals surface area contributed by atoms with Crippen molar-refractivity contribution in [2.24, 2.45) is 0 Å². The van der Waals surface area contributed by atoms with Crippen LogP contribution in [0.15, 0.2) is 36.8 Å². The Bertz CT molecular complexity index is 1610. The number of thiazole rings is 1. The molecule has 216 valence electrons. The van der Waals surface area contributed by atoms with E-state index in [1.165, 1.54) is 0 Å². The minimum Gasteiger partial charge on any atom is -0.492 e. The van der Waals surface area contributed by atoms with Gasteiger partial charge in [-0.3, -0.25) is 4.68 Å². The Labute approximate surface area is 247 Å². The molecule has 1 N–H and O–H groups in total. The highest BCUT2D eigenvalue weighted by atomic mass is 35.5. The van der Waals surface area contributed by atoms with Gasteiger partial charge in [0.15, 0.2) is 10.8 Å². The number of amides is 1. The number of aromatic nitrogens is 5. The van der Waals surface area contributed by atoms with Gasteiger partial charge in [0.2, 0.25) is 0 Å². The fourth-order valence-corrected chi connectivity index (χ4v) is 6.35. The van der Waals surface area contributed by atoms with E-state index in [0.717, 1.165) is 44.4 Å². The van der Waals surface area contributed by atoms with Crippen LogP contribution in [0.5, 0.6) is 5.75 Å². The van der Waals surface area contributed by atoms with Gasteiger partial charge < -0.3 is 24.0 Å². The molecule has 0 unspecified atom stereocenters. The molecule has 0 saturated carbocycles. The van der Waals surface area contributed by atoms with Crippen LogP contribution in [0.3, 0.4) is 0 Å². The number of nitrogens with zero attached hydrogens (tertiary/aromatic N) is 6. The third kappa shape index (κ3) is 5.71. The van der Waals surface area contributed by atoms with Crippen molar-refractivity contribution < 1.29 is 19.4 Å². The average Bonchev–Trinajstić information content (AvgIpc) is 3.53. The second-order valence-electron chi connectivity index (χ2n) is 12.2. The zero-order valence-corrected chi connectivity index (χ0v) is 25.3. The van der Waals surface area contributed by atoms with E-state index in [4.69, 9.17) is 26.1 Å². The molecule has 5 heterocycles. The molecule has 1 fully saturated rings. The molecule has 0 bridgehead atoms. The maximum atomic E-state index is 12.5. The van der Waals surface area contributed by atoms with Crippen molar-refractivity contribution in [3.63, 3.8) is 0 Å². The quantitative estimate of drug-likeness (QED) is 0.315. The van der Waals surface area contributed by atoms with Crippen LogP contribution in [0.2, 0.25) is 5.15 Å². The van der Waals surface area contributed by atoms with Gasteiger partial charge >= 0.3 is 6.09 Å². The van der Waals surface area contributed by atoms with E-state index < -0.39 is 11.2 Å². The third-order valence-electron chi connectivity index (χ3n) is 6.86. The van der Waals surface area contributed by atoms with Crippen LogP contribution in [0.4, 0.5) is 4.79 Å². The van der Waals surface area contributed by atoms with Crippen LogP contribution in [0, 0.1) is 0 Å². The number of carbonyl (C=O) groups is 1. The second-order valence-corrected chi connectivity index (χ2v) is 13.6. The summed E-state index contributed by atoms with van der Waals surface area (Å²) in [6, 6.07) is 6.09. The first-order valence-electron chi connectivity index (χ1n) is 13.6. The van der Waals surface area contributed by atoms with Gasteiger partial charge in [-0.1, -0.05) is 17.7 Å². The van der Waals surface area contributed by atoms with Crippen LogP contribution in [-0.4, -0.2) is 71.3 Å². The van der Waals surface area contributed by atoms with Gasteiger partial charge in [0.05, 0.1) is 42.9 Å². The molecule has 41 heavy (non-hydrogen) atoms. The lowest BCUT2D eigenvalue weighted by molar-refractivity contribution is 0.00126. The average molecular weight is 597 g/mol. The molecule has 2 aliphatic rings. The number of likely N-dealkylation sites (tertiary alicyclic amines) is 1. The molecule has 0 spiro atoms. The zero-order valence-electron chi connectivity index (χ0n) is 23.7. The predicted octanol–water partition coefficient (Wildman–Crippen LogP) is 5.69. The first-order valence-corrected chi connectivity index (χ1v) is 14.8. The van der Waals surface area contributed by atoms with E-state index in [9.17, 15) is 9.90 Å². The molecule has 0 aliphatic carbocycles. The first-order chi connectivity index (χ1) is 19.3. The maximum absolute atomic E-state index is 12.5. The number of carbonyl (C=O) groups excluding carboxylic acids is 1. The molecule has 1 saturated heterocycles. The topological polar surface area (TPSA) is 108 Å². The highest BCUT2D eigenvalue weighted by Crippen LogP contribution is 2.43. The minimum absolute atomic E-state index is 0.00766. The van der Waals surface area contributed by atoms with E-state index in [1.807, 2.05) is 49.7 Å². The Balaban J connectivity index is 1.25. The van der Waals surface area contributed by atoms with Gasteiger partial charge in [-0.15, -0.1) is 11.3 Å². The Morgan fingerprint density at radius 1 is 1.20 bits per heavy atom. The Hall–Kier alpha value is -3.41. The second kappa shape index (κ2) is 10.1. The number of rotatable bonds is 5. The lowest BCUT2D eigenvalue weighted by Gasteiger charge is -2.40. The van der Waals surface area contributed by atoms with Crippen molar-refractivity contribution in [2.45, 2.75) is 64.8 Å². The van der Waals surface area contributed by atoms with Crippen LogP contribution >= 0.6 is 22.9 Å². The summed E-state index contributed by atoms with van der Waals surface area (Å²) in [6.07, 6.45) is 5.76. The number of imidazole rings is 1. The maximum Gasteiger partial charge on any atom is 0.410 e. The first kappa shape index (κ1) is 27.7. The summed E-state index contributed by atoms with van der Waals surface area (Å²) in [6.45, 7) is 11.0. The van der Waals surface area contributed by atoms with E-state index in [1.54, 1.807) is 47.2 Å².